The van der Waals surface area contributed by atoms with Crippen LogP contribution >= 0.6 is 0 Å². The molecule has 2 aromatic rings. The SMILES string of the molecule is COc1cc2c(cc1OC)[C@H]([C@H](C)NC(C)=O)N(Cc1cccc(F)c1)CC2. The molecule has 1 amide bonds. The first kappa shape index (κ1) is 20.1. The molecular weight excluding hydrogens is 359 g/mol. The van der Waals surface area contributed by atoms with Crippen LogP contribution in [-0.4, -0.2) is 37.6 Å². The van der Waals surface area contributed by atoms with E-state index in [2.05, 4.69) is 10.2 Å². The van der Waals surface area contributed by atoms with Crippen molar-refractivity contribution in [3.8, 4) is 11.5 Å². The summed E-state index contributed by atoms with van der Waals surface area (Å²) in [5, 5.41) is 3.02. The van der Waals surface area contributed by atoms with E-state index >= 15 is 0 Å². The maximum absolute atomic E-state index is 13.7. The van der Waals surface area contributed by atoms with E-state index in [1.165, 1.54) is 18.6 Å². The molecule has 0 unspecified atom stereocenters. The Morgan fingerprint density at radius 3 is 2.61 bits per heavy atom. The number of nitrogens with zero attached hydrogens (tertiary/aromatic N) is 1. The van der Waals surface area contributed by atoms with Crippen molar-refractivity contribution in [2.75, 3.05) is 20.8 Å². The Morgan fingerprint density at radius 1 is 1.25 bits per heavy atom. The minimum absolute atomic E-state index is 0.0595. The van der Waals surface area contributed by atoms with Crippen molar-refractivity contribution in [1.29, 1.82) is 0 Å². The number of carbonyl (C=O) groups excluding carboxylic acids is 1. The van der Waals surface area contributed by atoms with Gasteiger partial charge in [-0.05, 0) is 54.3 Å². The second kappa shape index (κ2) is 8.61. The zero-order chi connectivity index (χ0) is 20.3. The lowest BCUT2D eigenvalue weighted by atomic mass is 9.87. The molecule has 1 heterocycles. The van der Waals surface area contributed by atoms with Gasteiger partial charge in [0.15, 0.2) is 11.5 Å². The van der Waals surface area contributed by atoms with Gasteiger partial charge in [-0.15, -0.1) is 0 Å². The number of methoxy groups -OCH3 is 2. The summed E-state index contributed by atoms with van der Waals surface area (Å²) >= 11 is 0. The number of hydrogen-bond donors (Lipinski definition) is 1. The van der Waals surface area contributed by atoms with Crippen LogP contribution in [0.15, 0.2) is 36.4 Å². The zero-order valence-electron chi connectivity index (χ0n) is 16.8. The van der Waals surface area contributed by atoms with Gasteiger partial charge < -0.3 is 14.8 Å². The highest BCUT2D eigenvalue weighted by molar-refractivity contribution is 5.73. The second-order valence-corrected chi connectivity index (χ2v) is 7.19. The maximum atomic E-state index is 13.7. The summed E-state index contributed by atoms with van der Waals surface area (Å²) in [6.07, 6.45) is 0.842. The predicted molar refractivity (Wildman–Crippen MR) is 106 cm³/mol. The Morgan fingerprint density at radius 2 is 1.96 bits per heavy atom. The van der Waals surface area contributed by atoms with Gasteiger partial charge in [0, 0.05) is 26.1 Å². The normalized spacial score (nSPS) is 17.5. The van der Waals surface area contributed by atoms with Crippen LogP contribution in [0.4, 0.5) is 4.39 Å². The van der Waals surface area contributed by atoms with Crippen LogP contribution in [-0.2, 0) is 17.8 Å². The minimum atomic E-state index is -0.243. The van der Waals surface area contributed by atoms with Crippen LogP contribution < -0.4 is 14.8 Å². The highest BCUT2D eigenvalue weighted by Gasteiger charge is 2.33. The first-order chi connectivity index (χ1) is 13.4. The summed E-state index contributed by atoms with van der Waals surface area (Å²) in [5.41, 5.74) is 3.18. The van der Waals surface area contributed by atoms with Gasteiger partial charge in [-0.25, -0.2) is 4.39 Å². The minimum Gasteiger partial charge on any atom is -0.493 e. The molecule has 28 heavy (non-hydrogen) atoms. The second-order valence-electron chi connectivity index (χ2n) is 7.19. The Kier molecular flexibility index (Phi) is 6.19. The zero-order valence-corrected chi connectivity index (χ0v) is 16.8. The Balaban J connectivity index is 2.00. The molecule has 2 atom stereocenters. The van der Waals surface area contributed by atoms with Crippen LogP contribution in [0, 0.1) is 5.82 Å². The molecule has 0 bridgehead atoms. The van der Waals surface area contributed by atoms with Crippen molar-refractivity contribution in [2.24, 2.45) is 0 Å². The van der Waals surface area contributed by atoms with Crippen molar-refractivity contribution >= 4 is 5.91 Å². The van der Waals surface area contributed by atoms with E-state index in [4.69, 9.17) is 9.47 Å². The molecule has 0 saturated heterocycles. The lowest BCUT2D eigenvalue weighted by molar-refractivity contribution is -0.120. The molecule has 0 aliphatic carbocycles. The van der Waals surface area contributed by atoms with E-state index in [1.54, 1.807) is 26.4 Å². The molecule has 0 fully saturated rings. The number of amides is 1. The number of fused-ring (bicyclic) bond motifs is 1. The molecule has 5 nitrogen and oxygen atoms in total. The summed E-state index contributed by atoms with van der Waals surface area (Å²) in [7, 11) is 3.24. The quantitative estimate of drug-likeness (QED) is 0.826. The molecular formula is C22H27FN2O3. The van der Waals surface area contributed by atoms with E-state index in [0.717, 1.165) is 24.1 Å². The van der Waals surface area contributed by atoms with Gasteiger partial charge >= 0.3 is 0 Å². The molecule has 0 radical (unpaired) electrons. The molecule has 1 aliphatic rings. The molecule has 2 aromatic carbocycles. The Hall–Kier alpha value is -2.60. The number of halogens is 1. The summed E-state index contributed by atoms with van der Waals surface area (Å²) in [6, 6.07) is 10.5. The van der Waals surface area contributed by atoms with E-state index in [0.29, 0.717) is 18.0 Å². The number of hydrogen-bond acceptors (Lipinski definition) is 4. The van der Waals surface area contributed by atoms with Crippen molar-refractivity contribution in [1.82, 2.24) is 10.2 Å². The number of carbonyl (C=O) groups is 1. The highest BCUT2D eigenvalue weighted by atomic mass is 19.1. The van der Waals surface area contributed by atoms with E-state index in [1.807, 2.05) is 25.1 Å². The van der Waals surface area contributed by atoms with Crippen LogP contribution in [0.2, 0.25) is 0 Å². The summed E-state index contributed by atoms with van der Waals surface area (Å²) < 4.78 is 24.6. The summed E-state index contributed by atoms with van der Waals surface area (Å²) in [4.78, 5) is 14.0. The molecule has 0 spiro atoms. The predicted octanol–water partition coefficient (Wildman–Crippen LogP) is 3.47. The molecule has 0 saturated carbocycles. The van der Waals surface area contributed by atoms with Crippen molar-refractivity contribution < 1.29 is 18.7 Å². The fourth-order valence-electron chi connectivity index (χ4n) is 4.06. The van der Waals surface area contributed by atoms with Gasteiger partial charge in [0.25, 0.3) is 0 Å². The van der Waals surface area contributed by atoms with Crippen molar-refractivity contribution in [3.63, 3.8) is 0 Å². The third kappa shape index (κ3) is 4.28. The maximum Gasteiger partial charge on any atom is 0.217 e. The van der Waals surface area contributed by atoms with Gasteiger partial charge in [-0.3, -0.25) is 9.69 Å². The fraction of sp³-hybridized carbons (Fsp3) is 0.409. The van der Waals surface area contributed by atoms with E-state index in [9.17, 15) is 9.18 Å². The van der Waals surface area contributed by atoms with Gasteiger partial charge in [0.1, 0.15) is 5.82 Å². The van der Waals surface area contributed by atoms with Crippen molar-refractivity contribution in [3.05, 3.63) is 58.9 Å². The van der Waals surface area contributed by atoms with Crippen LogP contribution in [0.25, 0.3) is 0 Å². The van der Waals surface area contributed by atoms with Gasteiger partial charge in [0.05, 0.1) is 20.3 Å². The average Bonchev–Trinajstić information content (AvgIpc) is 2.66. The Labute approximate surface area is 165 Å². The molecule has 1 N–H and O–H groups in total. The summed E-state index contributed by atoms with van der Waals surface area (Å²) in [5.74, 6) is 1.04. The molecule has 0 aromatic heterocycles. The monoisotopic (exact) mass is 386 g/mol. The van der Waals surface area contributed by atoms with Crippen molar-refractivity contribution in [2.45, 2.75) is 38.9 Å². The summed E-state index contributed by atoms with van der Waals surface area (Å²) in [6.45, 7) is 4.91. The van der Waals surface area contributed by atoms with Gasteiger partial charge in [-0.2, -0.15) is 0 Å². The molecule has 1 aliphatic heterocycles. The molecule has 6 heteroatoms. The number of rotatable bonds is 6. The van der Waals surface area contributed by atoms with E-state index in [-0.39, 0.29) is 23.8 Å². The lowest BCUT2D eigenvalue weighted by Crippen LogP contribution is -2.46. The first-order valence-corrected chi connectivity index (χ1v) is 9.43. The largest absolute Gasteiger partial charge is 0.493 e. The van der Waals surface area contributed by atoms with Crippen LogP contribution in [0.1, 0.15) is 36.6 Å². The van der Waals surface area contributed by atoms with E-state index < -0.39 is 0 Å². The highest BCUT2D eigenvalue weighted by Crippen LogP contribution is 2.40. The van der Waals surface area contributed by atoms with Crippen LogP contribution in [0.5, 0.6) is 11.5 Å². The number of benzene rings is 2. The lowest BCUT2D eigenvalue weighted by Gasteiger charge is -2.41. The third-order valence-electron chi connectivity index (χ3n) is 5.21. The number of ether oxygens (including phenoxy) is 2. The van der Waals surface area contributed by atoms with Gasteiger partial charge in [0.2, 0.25) is 5.91 Å². The fourth-order valence-corrected chi connectivity index (χ4v) is 4.06. The smallest absolute Gasteiger partial charge is 0.217 e. The topological polar surface area (TPSA) is 50.8 Å². The van der Waals surface area contributed by atoms with Crippen LogP contribution in [0.3, 0.4) is 0 Å². The Bertz CT molecular complexity index is 856. The average molecular weight is 386 g/mol. The first-order valence-electron chi connectivity index (χ1n) is 9.43. The van der Waals surface area contributed by atoms with Gasteiger partial charge in [-0.1, -0.05) is 12.1 Å². The third-order valence-corrected chi connectivity index (χ3v) is 5.21. The number of nitrogens with one attached hydrogen (secondary N) is 1. The molecule has 3 rings (SSSR count). The standard InChI is InChI=1S/C22H27FN2O3/c1-14(24-15(2)26)22-19-12-21(28-4)20(27-3)11-17(19)8-9-25(22)13-16-6-5-7-18(23)10-16/h5-7,10-12,14,22H,8-9,13H2,1-4H3,(H,24,26)/t14-,22-/m0/s1. The molecule has 150 valence electrons.